The summed E-state index contributed by atoms with van der Waals surface area (Å²) in [5, 5.41) is 5.92. The second-order valence-corrected chi connectivity index (χ2v) is 5.00. The van der Waals surface area contributed by atoms with Gasteiger partial charge in [-0.25, -0.2) is 4.79 Å². The Balaban J connectivity index is 2.62. The largest absolute Gasteiger partial charge is 0.467 e. The fraction of sp³-hybridized carbons (Fsp3) is 0.500. The van der Waals surface area contributed by atoms with Gasteiger partial charge in [-0.1, -0.05) is 37.3 Å². The first-order valence-corrected chi connectivity index (χ1v) is 7.21. The number of benzene rings is 1. The molecule has 0 aliphatic rings. The molecular weight excluding hydrogens is 268 g/mol. The van der Waals surface area contributed by atoms with Crippen LogP contribution >= 0.6 is 0 Å². The lowest BCUT2D eigenvalue weighted by Gasteiger charge is -2.18. The van der Waals surface area contributed by atoms with Crippen LogP contribution < -0.4 is 10.6 Å². The van der Waals surface area contributed by atoms with Crippen LogP contribution in [-0.2, 0) is 20.7 Å². The molecule has 5 heteroatoms. The number of ether oxygens (including phenoxy) is 1. The Labute approximate surface area is 126 Å². The Morgan fingerprint density at radius 2 is 1.90 bits per heavy atom. The minimum atomic E-state index is -0.654. The number of nitrogens with one attached hydrogen (secondary N) is 2. The van der Waals surface area contributed by atoms with Crippen LogP contribution in [0.5, 0.6) is 0 Å². The van der Waals surface area contributed by atoms with E-state index in [1.165, 1.54) is 7.11 Å². The molecule has 0 saturated carbocycles. The molecule has 1 aromatic carbocycles. The summed E-state index contributed by atoms with van der Waals surface area (Å²) >= 11 is 0. The Morgan fingerprint density at radius 3 is 2.48 bits per heavy atom. The van der Waals surface area contributed by atoms with Crippen LogP contribution in [0.15, 0.2) is 30.3 Å². The van der Waals surface area contributed by atoms with E-state index >= 15 is 0 Å². The van der Waals surface area contributed by atoms with Crippen LogP contribution in [0.4, 0.5) is 0 Å². The summed E-state index contributed by atoms with van der Waals surface area (Å²) in [6, 6.07) is 8.97. The average molecular weight is 292 g/mol. The summed E-state index contributed by atoms with van der Waals surface area (Å²) in [6.07, 6.45) is 0.755. The van der Waals surface area contributed by atoms with E-state index < -0.39 is 12.0 Å². The van der Waals surface area contributed by atoms with Gasteiger partial charge in [0.2, 0.25) is 5.91 Å². The van der Waals surface area contributed by atoms with Crippen molar-refractivity contribution >= 4 is 11.9 Å². The number of carbonyl (C=O) groups is 2. The van der Waals surface area contributed by atoms with Gasteiger partial charge < -0.3 is 15.4 Å². The Bertz CT molecular complexity index is 448. The maximum Gasteiger partial charge on any atom is 0.328 e. The summed E-state index contributed by atoms with van der Waals surface area (Å²) in [6.45, 7) is 4.73. The second kappa shape index (κ2) is 9.13. The molecule has 0 bridgehead atoms. The lowest BCUT2D eigenvalue weighted by Crippen LogP contribution is -2.45. The number of hydrogen-bond acceptors (Lipinski definition) is 4. The molecule has 0 heterocycles. The van der Waals surface area contributed by atoms with E-state index in [-0.39, 0.29) is 11.9 Å². The summed E-state index contributed by atoms with van der Waals surface area (Å²) in [5.74, 6) is -0.585. The molecule has 2 N–H and O–H groups in total. The van der Waals surface area contributed by atoms with E-state index in [4.69, 9.17) is 4.74 Å². The number of hydrogen-bond donors (Lipinski definition) is 2. The quantitative estimate of drug-likeness (QED) is 0.708. The molecule has 0 saturated heterocycles. The fourth-order valence-corrected chi connectivity index (χ4v) is 2.14. The minimum Gasteiger partial charge on any atom is -0.467 e. The Kier molecular flexibility index (Phi) is 7.46. The van der Waals surface area contributed by atoms with Crippen LogP contribution in [0.1, 0.15) is 25.8 Å². The van der Waals surface area contributed by atoms with Gasteiger partial charge in [-0.3, -0.25) is 4.79 Å². The zero-order valence-electron chi connectivity index (χ0n) is 12.9. The van der Waals surface area contributed by atoms with Gasteiger partial charge in [0.15, 0.2) is 0 Å². The third kappa shape index (κ3) is 6.40. The van der Waals surface area contributed by atoms with Crippen molar-refractivity contribution in [2.75, 3.05) is 13.7 Å². The van der Waals surface area contributed by atoms with Crippen molar-refractivity contribution in [1.29, 1.82) is 0 Å². The molecule has 0 aromatic heterocycles. The van der Waals surface area contributed by atoms with Crippen LogP contribution in [-0.4, -0.2) is 37.6 Å². The van der Waals surface area contributed by atoms with Gasteiger partial charge in [-0.05, 0) is 19.0 Å². The first-order valence-electron chi connectivity index (χ1n) is 7.21. The van der Waals surface area contributed by atoms with Crippen molar-refractivity contribution < 1.29 is 14.3 Å². The molecule has 1 rings (SSSR count). The van der Waals surface area contributed by atoms with Crippen molar-refractivity contribution in [2.24, 2.45) is 0 Å². The van der Waals surface area contributed by atoms with Crippen LogP contribution in [0.2, 0.25) is 0 Å². The van der Waals surface area contributed by atoms with Crippen molar-refractivity contribution in [3.8, 4) is 0 Å². The fourth-order valence-electron chi connectivity index (χ4n) is 2.14. The second-order valence-electron chi connectivity index (χ2n) is 5.00. The number of rotatable bonds is 8. The highest BCUT2D eigenvalue weighted by Crippen LogP contribution is 2.05. The SMILES string of the molecule is CCNC(C)CC(=O)NC(Cc1ccccc1)C(=O)OC. The summed E-state index contributed by atoms with van der Waals surface area (Å²) < 4.78 is 4.77. The molecule has 1 amide bonds. The molecule has 1 aromatic rings. The van der Waals surface area contributed by atoms with Crippen molar-refractivity contribution in [2.45, 2.75) is 38.8 Å². The molecule has 2 unspecified atom stereocenters. The number of methoxy groups -OCH3 is 1. The van der Waals surface area contributed by atoms with Gasteiger partial charge in [0.1, 0.15) is 6.04 Å². The number of amides is 1. The van der Waals surface area contributed by atoms with Gasteiger partial charge in [0.05, 0.1) is 7.11 Å². The minimum absolute atomic E-state index is 0.0741. The highest BCUT2D eigenvalue weighted by atomic mass is 16.5. The molecule has 0 fully saturated rings. The van der Waals surface area contributed by atoms with Crippen LogP contribution in [0.3, 0.4) is 0 Å². The number of carbonyl (C=O) groups excluding carboxylic acids is 2. The van der Waals surface area contributed by atoms with Gasteiger partial charge >= 0.3 is 5.97 Å². The van der Waals surface area contributed by atoms with Crippen molar-refractivity contribution in [1.82, 2.24) is 10.6 Å². The standard InChI is InChI=1S/C16H24N2O3/c1-4-17-12(2)10-15(19)18-14(16(20)21-3)11-13-8-6-5-7-9-13/h5-9,12,14,17H,4,10-11H2,1-3H3,(H,18,19). The molecule has 21 heavy (non-hydrogen) atoms. The highest BCUT2D eigenvalue weighted by molar-refractivity contribution is 5.84. The molecule has 0 spiro atoms. The Morgan fingerprint density at radius 1 is 1.24 bits per heavy atom. The maximum absolute atomic E-state index is 12.0. The van der Waals surface area contributed by atoms with E-state index in [0.717, 1.165) is 12.1 Å². The summed E-state index contributed by atoms with van der Waals surface area (Å²) in [4.78, 5) is 23.8. The monoisotopic (exact) mass is 292 g/mol. The summed E-state index contributed by atoms with van der Waals surface area (Å²) in [5.41, 5.74) is 0.980. The number of esters is 1. The lowest BCUT2D eigenvalue weighted by atomic mass is 10.1. The third-order valence-electron chi connectivity index (χ3n) is 3.15. The van der Waals surface area contributed by atoms with Crippen LogP contribution in [0.25, 0.3) is 0 Å². The third-order valence-corrected chi connectivity index (χ3v) is 3.15. The first-order chi connectivity index (χ1) is 10.1. The van der Waals surface area contributed by atoms with Gasteiger partial charge in [0, 0.05) is 18.9 Å². The van der Waals surface area contributed by atoms with Crippen molar-refractivity contribution in [3.05, 3.63) is 35.9 Å². The van der Waals surface area contributed by atoms with Crippen LogP contribution in [0, 0.1) is 0 Å². The van der Waals surface area contributed by atoms with E-state index in [9.17, 15) is 9.59 Å². The van der Waals surface area contributed by atoms with Gasteiger partial charge in [0.25, 0.3) is 0 Å². The average Bonchev–Trinajstić information content (AvgIpc) is 2.47. The van der Waals surface area contributed by atoms with E-state index in [0.29, 0.717) is 12.8 Å². The maximum atomic E-state index is 12.0. The van der Waals surface area contributed by atoms with E-state index in [1.807, 2.05) is 44.2 Å². The normalized spacial score (nSPS) is 13.3. The molecule has 0 aliphatic carbocycles. The smallest absolute Gasteiger partial charge is 0.328 e. The summed E-state index contributed by atoms with van der Waals surface area (Å²) in [7, 11) is 1.33. The first kappa shape index (κ1) is 17.2. The zero-order valence-corrected chi connectivity index (χ0v) is 12.9. The topological polar surface area (TPSA) is 67.4 Å². The van der Waals surface area contributed by atoms with Gasteiger partial charge in [-0.2, -0.15) is 0 Å². The highest BCUT2D eigenvalue weighted by Gasteiger charge is 2.22. The molecule has 0 aliphatic heterocycles. The predicted octanol–water partition coefficient (Wildman–Crippen LogP) is 1.27. The molecule has 0 radical (unpaired) electrons. The van der Waals surface area contributed by atoms with Crippen molar-refractivity contribution in [3.63, 3.8) is 0 Å². The molecule has 5 nitrogen and oxygen atoms in total. The lowest BCUT2D eigenvalue weighted by molar-refractivity contribution is -0.145. The molecular formula is C16H24N2O3. The van der Waals surface area contributed by atoms with Gasteiger partial charge in [-0.15, -0.1) is 0 Å². The Hall–Kier alpha value is -1.88. The van der Waals surface area contributed by atoms with E-state index in [1.54, 1.807) is 0 Å². The molecule has 116 valence electrons. The van der Waals surface area contributed by atoms with E-state index in [2.05, 4.69) is 10.6 Å². The predicted molar refractivity (Wildman–Crippen MR) is 81.8 cm³/mol. The zero-order chi connectivity index (χ0) is 15.7. The molecule has 2 atom stereocenters.